The lowest BCUT2D eigenvalue weighted by atomic mass is 10.2. The van der Waals surface area contributed by atoms with E-state index in [9.17, 15) is 4.79 Å². The minimum atomic E-state index is -0.984. The van der Waals surface area contributed by atoms with Gasteiger partial charge in [0.25, 0.3) is 0 Å². The molecule has 0 aliphatic rings. The van der Waals surface area contributed by atoms with Crippen LogP contribution in [0.2, 0.25) is 0 Å². The van der Waals surface area contributed by atoms with Crippen LogP contribution in [0.1, 0.15) is 16.1 Å². The predicted molar refractivity (Wildman–Crippen MR) is 73.0 cm³/mol. The van der Waals surface area contributed by atoms with E-state index in [0.717, 1.165) is 5.69 Å². The minimum absolute atomic E-state index is 0.199. The second-order valence-corrected chi connectivity index (χ2v) is 3.94. The van der Waals surface area contributed by atoms with Crippen molar-refractivity contribution in [1.82, 2.24) is 9.97 Å². The van der Waals surface area contributed by atoms with Crippen molar-refractivity contribution < 1.29 is 9.90 Å². The topological polar surface area (TPSA) is 87.1 Å². The van der Waals surface area contributed by atoms with Gasteiger partial charge in [0, 0.05) is 18.8 Å². The second-order valence-electron chi connectivity index (χ2n) is 3.94. The maximum atomic E-state index is 11.1. The summed E-state index contributed by atoms with van der Waals surface area (Å²) < 4.78 is 0. The minimum Gasteiger partial charge on any atom is -0.478 e. The Hall–Kier alpha value is -2.63. The number of nitrogens with zero attached hydrogens (tertiary/aromatic N) is 2. The number of nitrogens with one attached hydrogen (secondary N) is 2. The van der Waals surface area contributed by atoms with Crippen LogP contribution in [0.3, 0.4) is 0 Å². The first kappa shape index (κ1) is 12.8. The molecular weight excluding hydrogens is 244 g/mol. The normalized spacial score (nSPS) is 10.0. The number of aromatic nitrogens is 2. The molecule has 3 N–H and O–H groups in total. The summed E-state index contributed by atoms with van der Waals surface area (Å²) in [4.78, 5) is 19.5. The van der Waals surface area contributed by atoms with E-state index in [0.29, 0.717) is 17.5 Å². The van der Waals surface area contributed by atoms with Gasteiger partial charge >= 0.3 is 5.97 Å². The summed E-state index contributed by atoms with van der Waals surface area (Å²) in [6.45, 7) is 1.84. The molecule has 2 rings (SSSR count). The van der Waals surface area contributed by atoms with Gasteiger partial charge in [-0.2, -0.15) is 4.98 Å². The fourth-order valence-electron chi connectivity index (χ4n) is 1.66. The van der Waals surface area contributed by atoms with Crippen molar-refractivity contribution in [2.24, 2.45) is 0 Å². The van der Waals surface area contributed by atoms with Crippen molar-refractivity contribution >= 4 is 23.4 Å². The molecule has 0 aliphatic carbocycles. The molecule has 0 spiro atoms. The molecular formula is C13H14N4O2. The van der Waals surface area contributed by atoms with Gasteiger partial charge in [0.2, 0.25) is 5.95 Å². The Morgan fingerprint density at radius 1 is 1.26 bits per heavy atom. The highest BCUT2D eigenvalue weighted by atomic mass is 16.4. The Kier molecular flexibility index (Phi) is 3.61. The van der Waals surface area contributed by atoms with E-state index < -0.39 is 5.97 Å². The quantitative estimate of drug-likeness (QED) is 0.779. The van der Waals surface area contributed by atoms with Crippen LogP contribution >= 0.6 is 0 Å². The van der Waals surface area contributed by atoms with Gasteiger partial charge in [0.1, 0.15) is 5.82 Å². The van der Waals surface area contributed by atoms with Crippen LogP contribution in [0.5, 0.6) is 0 Å². The Morgan fingerprint density at radius 3 is 2.68 bits per heavy atom. The molecule has 0 unspecified atom stereocenters. The smallest absolute Gasteiger partial charge is 0.337 e. The lowest BCUT2D eigenvalue weighted by Crippen LogP contribution is -2.05. The maximum absolute atomic E-state index is 11.1. The zero-order valence-electron chi connectivity index (χ0n) is 10.6. The summed E-state index contributed by atoms with van der Waals surface area (Å²) in [6.07, 6.45) is 0. The monoisotopic (exact) mass is 258 g/mol. The van der Waals surface area contributed by atoms with Gasteiger partial charge in [-0.3, -0.25) is 0 Å². The SMILES string of the molecule is CNc1nc(C)cc(Nc2ccccc2C(=O)O)n1. The number of para-hydroxylation sites is 1. The van der Waals surface area contributed by atoms with Crippen molar-refractivity contribution in [3.05, 3.63) is 41.6 Å². The molecule has 0 bridgehead atoms. The van der Waals surface area contributed by atoms with E-state index in [-0.39, 0.29) is 5.56 Å². The number of carbonyl (C=O) groups is 1. The van der Waals surface area contributed by atoms with Crippen molar-refractivity contribution in [2.75, 3.05) is 17.7 Å². The first-order valence-corrected chi connectivity index (χ1v) is 5.73. The number of aromatic carboxylic acids is 1. The Morgan fingerprint density at radius 2 is 2.00 bits per heavy atom. The molecule has 6 nitrogen and oxygen atoms in total. The molecule has 19 heavy (non-hydrogen) atoms. The molecule has 0 aliphatic heterocycles. The van der Waals surface area contributed by atoms with Crippen LogP contribution in [0, 0.1) is 6.92 Å². The highest BCUT2D eigenvalue weighted by molar-refractivity contribution is 5.95. The van der Waals surface area contributed by atoms with Crippen LogP contribution in [0.4, 0.5) is 17.5 Å². The summed E-state index contributed by atoms with van der Waals surface area (Å²) in [6, 6.07) is 8.43. The first-order chi connectivity index (χ1) is 9.10. The number of anilines is 3. The molecule has 98 valence electrons. The van der Waals surface area contributed by atoms with E-state index in [1.807, 2.05) is 6.92 Å². The zero-order valence-corrected chi connectivity index (χ0v) is 10.6. The van der Waals surface area contributed by atoms with Gasteiger partial charge in [-0.15, -0.1) is 0 Å². The molecule has 1 aromatic carbocycles. The molecule has 0 radical (unpaired) electrons. The van der Waals surface area contributed by atoms with Crippen molar-refractivity contribution in [2.45, 2.75) is 6.92 Å². The van der Waals surface area contributed by atoms with Gasteiger partial charge < -0.3 is 15.7 Å². The fraction of sp³-hybridized carbons (Fsp3) is 0.154. The van der Waals surface area contributed by atoms with Gasteiger partial charge in [-0.25, -0.2) is 9.78 Å². The zero-order chi connectivity index (χ0) is 13.8. The number of aryl methyl sites for hydroxylation is 1. The van der Waals surface area contributed by atoms with Gasteiger partial charge in [-0.05, 0) is 19.1 Å². The van der Waals surface area contributed by atoms with Crippen molar-refractivity contribution in [1.29, 1.82) is 0 Å². The van der Waals surface area contributed by atoms with Crippen molar-refractivity contribution in [3.8, 4) is 0 Å². The average molecular weight is 258 g/mol. The Bertz CT molecular complexity index is 613. The van der Waals surface area contributed by atoms with E-state index in [2.05, 4.69) is 20.6 Å². The number of rotatable bonds is 4. The summed E-state index contributed by atoms with van der Waals surface area (Å²) in [5, 5.41) is 15.0. The number of carboxylic acid groups (broad SMARTS) is 1. The number of benzene rings is 1. The predicted octanol–water partition coefficient (Wildman–Crippen LogP) is 2.27. The highest BCUT2D eigenvalue weighted by Gasteiger charge is 2.10. The lowest BCUT2D eigenvalue weighted by Gasteiger charge is -2.10. The molecule has 1 heterocycles. The largest absolute Gasteiger partial charge is 0.478 e. The van der Waals surface area contributed by atoms with Crippen molar-refractivity contribution in [3.63, 3.8) is 0 Å². The van der Waals surface area contributed by atoms with Crippen LogP contribution < -0.4 is 10.6 Å². The third kappa shape index (κ3) is 2.98. The molecule has 0 atom stereocenters. The van der Waals surface area contributed by atoms with Crippen LogP contribution in [-0.2, 0) is 0 Å². The highest BCUT2D eigenvalue weighted by Crippen LogP contribution is 2.20. The fourth-order valence-corrected chi connectivity index (χ4v) is 1.66. The second kappa shape index (κ2) is 5.34. The molecule has 1 aromatic heterocycles. The van der Waals surface area contributed by atoms with Crippen LogP contribution in [-0.4, -0.2) is 28.1 Å². The molecule has 0 saturated heterocycles. The van der Waals surface area contributed by atoms with Crippen LogP contribution in [0.25, 0.3) is 0 Å². The molecule has 0 amide bonds. The Labute approximate surface area is 110 Å². The molecule has 6 heteroatoms. The average Bonchev–Trinajstić information content (AvgIpc) is 2.38. The first-order valence-electron chi connectivity index (χ1n) is 5.73. The summed E-state index contributed by atoms with van der Waals surface area (Å²) in [5.74, 6) is 0.0450. The number of hydrogen-bond donors (Lipinski definition) is 3. The summed E-state index contributed by atoms with van der Waals surface area (Å²) in [7, 11) is 1.73. The standard InChI is InChI=1S/C13H14N4O2/c1-8-7-11(17-13(14-2)15-8)16-10-6-4-3-5-9(10)12(18)19/h3-7H,1-2H3,(H,18,19)(H2,14,15,16,17). The molecule has 0 saturated carbocycles. The third-order valence-electron chi connectivity index (χ3n) is 2.50. The molecule has 0 fully saturated rings. The molecule has 2 aromatic rings. The van der Waals surface area contributed by atoms with Gasteiger partial charge in [0.05, 0.1) is 11.3 Å². The number of carboxylic acids is 1. The third-order valence-corrected chi connectivity index (χ3v) is 2.50. The lowest BCUT2D eigenvalue weighted by molar-refractivity contribution is 0.0698. The Balaban J connectivity index is 2.36. The summed E-state index contributed by atoms with van der Waals surface area (Å²) in [5.41, 5.74) is 1.48. The maximum Gasteiger partial charge on any atom is 0.337 e. The number of hydrogen-bond acceptors (Lipinski definition) is 5. The van der Waals surface area contributed by atoms with Crippen LogP contribution in [0.15, 0.2) is 30.3 Å². The van der Waals surface area contributed by atoms with E-state index in [1.54, 1.807) is 31.3 Å². The van der Waals surface area contributed by atoms with Gasteiger partial charge in [0.15, 0.2) is 0 Å². The van der Waals surface area contributed by atoms with E-state index in [4.69, 9.17) is 5.11 Å². The van der Waals surface area contributed by atoms with E-state index >= 15 is 0 Å². The van der Waals surface area contributed by atoms with Gasteiger partial charge in [-0.1, -0.05) is 12.1 Å². The van der Waals surface area contributed by atoms with E-state index in [1.165, 1.54) is 6.07 Å². The summed E-state index contributed by atoms with van der Waals surface area (Å²) >= 11 is 0.